The van der Waals surface area contributed by atoms with E-state index < -0.39 is 17.8 Å². The highest BCUT2D eigenvalue weighted by Crippen LogP contribution is 2.17. The van der Waals surface area contributed by atoms with Crippen LogP contribution in [0.4, 0.5) is 0 Å². The van der Waals surface area contributed by atoms with Crippen LogP contribution in [0.1, 0.15) is 44.3 Å². The van der Waals surface area contributed by atoms with Crippen LogP contribution in [-0.4, -0.2) is 34.6 Å². The van der Waals surface area contributed by atoms with Crippen molar-refractivity contribution < 1.29 is 23.9 Å². The molecule has 1 rings (SSSR count). The molecule has 0 aromatic carbocycles. The molecule has 1 aromatic rings. The predicted octanol–water partition coefficient (Wildman–Crippen LogP) is 0.970. The molecular formula is C15H21N3O5. The molecule has 8 nitrogen and oxygen atoms in total. The van der Waals surface area contributed by atoms with Crippen molar-refractivity contribution in [2.45, 2.75) is 46.6 Å². The number of furan rings is 1. The molecule has 1 heterocycles. The number of aliphatic carboxylic acids is 1. The Morgan fingerprint density at radius 3 is 2.52 bits per heavy atom. The Labute approximate surface area is 133 Å². The monoisotopic (exact) mass is 323 g/mol. The first-order chi connectivity index (χ1) is 10.7. The third-order valence-corrected chi connectivity index (χ3v) is 2.90. The molecule has 0 aliphatic carbocycles. The molecule has 0 saturated carbocycles. The van der Waals surface area contributed by atoms with Crippen LogP contribution in [0.2, 0.25) is 0 Å². The maximum absolute atomic E-state index is 11.6. The Bertz CT molecular complexity index is 631. The summed E-state index contributed by atoms with van der Waals surface area (Å²) in [7, 11) is 0. The number of nitrogens with zero attached hydrogens (tertiary/aromatic N) is 1. The van der Waals surface area contributed by atoms with Gasteiger partial charge in [0.15, 0.2) is 0 Å². The Morgan fingerprint density at radius 1 is 1.30 bits per heavy atom. The van der Waals surface area contributed by atoms with Crippen LogP contribution in [0.5, 0.6) is 0 Å². The summed E-state index contributed by atoms with van der Waals surface area (Å²) in [6.45, 7) is 6.85. The minimum absolute atomic E-state index is 0.0330. The first-order valence-electron chi connectivity index (χ1n) is 7.17. The van der Waals surface area contributed by atoms with Gasteiger partial charge in [-0.25, -0.2) is 5.43 Å². The molecule has 0 unspecified atom stereocenters. The summed E-state index contributed by atoms with van der Waals surface area (Å²) in [5.41, 5.74) is 3.28. The van der Waals surface area contributed by atoms with Gasteiger partial charge in [-0.2, -0.15) is 5.10 Å². The average Bonchev–Trinajstić information content (AvgIpc) is 2.82. The SMILES string of the molecule is C/C(=N/NC(=O)C(=O)NC(C)C)c1cc(CCC(=O)O)oc1C. The lowest BCUT2D eigenvalue weighted by molar-refractivity contribution is -0.139. The van der Waals surface area contributed by atoms with Crippen molar-refractivity contribution in [1.29, 1.82) is 0 Å². The van der Waals surface area contributed by atoms with E-state index in [1.165, 1.54) is 0 Å². The van der Waals surface area contributed by atoms with Crippen LogP contribution in [0, 0.1) is 6.92 Å². The number of amides is 2. The summed E-state index contributed by atoms with van der Waals surface area (Å²) in [6.07, 6.45) is 0.237. The third-order valence-electron chi connectivity index (χ3n) is 2.90. The highest BCUT2D eigenvalue weighted by atomic mass is 16.4. The number of carbonyl (C=O) groups is 3. The average molecular weight is 323 g/mol. The Balaban J connectivity index is 2.73. The van der Waals surface area contributed by atoms with Gasteiger partial charge in [-0.05, 0) is 33.8 Å². The van der Waals surface area contributed by atoms with Gasteiger partial charge in [-0.15, -0.1) is 0 Å². The largest absolute Gasteiger partial charge is 0.481 e. The number of carbonyl (C=O) groups excluding carboxylic acids is 2. The van der Waals surface area contributed by atoms with Crippen molar-refractivity contribution in [2.75, 3.05) is 0 Å². The van der Waals surface area contributed by atoms with Crippen LogP contribution in [0.3, 0.4) is 0 Å². The molecule has 8 heteroatoms. The molecule has 1 aromatic heterocycles. The van der Waals surface area contributed by atoms with Gasteiger partial charge in [0.1, 0.15) is 11.5 Å². The lowest BCUT2D eigenvalue weighted by atomic mass is 10.1. The van der Waals surface area contributed by atoms with E-state index in [1.807, 2.05) is 0 Å². The predicted molar refractivity (Wildman–Crippen MR) is 83.0 cm³/mol. The van der Waals surface area contributed by atoms with Gasteiger partial charge >= 0.3 is 17.8 Å². The summed E-state index contributed by atoms with van der Waals surface area (Å²) >= 11 is 0. The fraction of sp³-hybridized carbons (Fsp3) is 0.467. The summed E-state index contributed by atoms with van der Waals surface area (Å²) in [6, 6.07) is 1.53. The van der Waals surface area contributed by atoms with Gasteiger partial charge < -0.3 is 14.8 Å². The topological polar surface area (TPSA) is 121 Å². The minimum Gasteiger partial charge on any atom is -0.481 e. The highest BCUT2D eigenvalue weighted by molar-refractivity contribution is 6.35. The number of hydrazone groups is 1. The Morgan fingerprint density at radius 2 is 1.96 bits per heavy atom. The number of carboxylic acid groups (broad SMARTS) is 1. The van der Waals surface area contributed by atoms with Crippen molar-refractivity contribution in [3.05, 3.63) is 23.2 Å². The molecule has 0 saturated heterocycles. The minimum atomic E-state index is -0.908. The van der Waals surface area contributed by atoms with E-state index in [9.17, 15) is 14.4 Å². The Hall–Kier alpha value is -2.64. The molecule has 0 atom stereocenters. The molecule has 3 N–H and O–H groups in total. The number of nitrogens with one attached hydrogen (secondary N) is 2. The zero-order valence-electron chi connectivity index (χ0n) is 13.6. The first kappa shape index (κ1) is 18.4. The lowest BCUT2D eigenvalue weighted by Crippen LogP contribution is -2.41. The molecule has 0 radical (unpaired) electrons. The van der Waals surface area contributed by atoms with Gasteiger partial charge in [-0.1, -0.05) is 0 Å². The second-order valence-electron chi connectivity index (χ2n) is 5.34. The van der Waals surface area contributed by atoms with E-state index in [0.717, 1.165) is 0 Å². The second kappa shape index (κ2) is 8.11. The van der Waals surface area contributed by atoms with Crippen molar-refractivity contribution in [3.8, 4) is 0 Å². The smallest absolute Gasteiger partial charge is 0.329 e. The van der Waals surface area contributed by atoms with Gasteiger partial charge in [0.05, 0.1) is 12.1 Å². The van der Waals surface area contributed by atoms with Crippen LogP contribution in [-0.2, 0) is 20.8 Å². The highest BCUT2D eigenvalue weighted by Gasteiger charge is 2.15. The molecule has 23 heavy (non-hydrogen) atoms. The molecule has 0 aliphatic heterocycles. The lowest BCUT2D eigenvalue weighted by Gasteiger charge is -2.06. The van der Waals surface area contributed by atoms with Crippen molar-refractivity contribution in [2.24, 2.45) is 5.10 Å². The van der Waals surface area contributed by atoms with Gasteiger partial charge in [0, 0.05) is 18.0 Å². The van der Waals surface area contributed by atoms with Crippen molar-refractivity contribution >= 4 is 23.5 Å². The maximum Gasteiger partial charge on any atom is 0.329 e. The zero-order chi connectivity index (χ0) is 17.6. The van der Waals surface area contributed by atoms with E-state index in [1.54, 1.807) is 33.8 Å². The number of hydrogen-bond donors (Lipinski definition) is 3. The maximum atomic E-state index is 11.6. The van der Waals surface area contributed by atoms with E-state index in [4.69, 9.17) is 9.52 Å². The summed E-state index contributed by atoms with van der Waals surface area (Å²) < 4.78 is 5.46. The number of carboxylic acids is 1. The number of rotatable bonds is 6. The van der Waals surface area contributed by atoms with Crippen LogP contribution in [0.15, 0.2) is 15.6 Å². The van der Waals surface area contributed by atoms with E-state index in [2.05, 4.69) is 15.8 Å². The molecule has 0 aliphatic rings. The molecule has 126 valence electrons. The molecule has 0 fully saturated rings. The fourth-order valence-electron chi connectivity index (χ4n) is 1.83. The summed E-state index contributed by atoms with van der Waals surface area (Å²) in [4.78, 5) is 33.6. The molecule has 0 spiro atoms. The van der Waals surface area contributed by atoms with E-state index in [0.29, 0.717) is 22.8 Å². The standard InChI is InChI=1S/C15H21N3O5/c1-8(2)16-14(21)15(22)18-17-9(3)12-7-11(23-10(12)4)5-6-13(19)20/h7-8H,5-6H2,1-4H3,(H,16,21)(H,18,22)(H,19,20)/b17-9-. The second-order valence-corrected chi connectivity index (χ2v) is 5.34. The normalized spacial score (nSPS) is 11.4. The van der Waals surface area contributed by atoms with Crippen LogP contribution in [0.25, 0.3) is 0 Å². The summed E-state index contributed by atoms with van der Waals surface area (Å²) in [5, 5.41) is 15.0. The fourth-order valence-corrected chi connectivity index (χ4v) is 1.83. The first-order valence-corrected chi connectivity index (χ1v) is 7.17. The van der Waals surface area contributed by atoms with E-state index >= 15 is 0 Å². The van der Waals surface area contributed by atoms with Crippen LogP contribution >= 0.6 is 0 Å². The zero-order valence-corrected chi connectivity index (χ0v) is 13.6. The van der Waals surface area contributed by atoms with Crippen LogP contribution < -0.4 is 10.7 Å². The van der Waals surface area contributed by atoms with Crippen molar-refractivity contribution in [1.82, 2.24) is 10.7 Å². The molecule has 2 amide bonds. The quantitative estimate of drug-likeness (QED) is 0.409. The van der Waals surface area contributed by atoms with Gasteiger partial charge in [-0.3, -0.25) is 14.4 Å². The Kier molecular flexibility index (Phi) is 6.49. The van der Waals surface area contributed by atoms with Gasteiger partial charge in [0.2, 0.25) is 0 Å². The molecule has 0 bridgehead atoms. The van der Waals surface area contributed by atoms with E-state index in [-0.39, 0.29) is 18.9 Å². The number of aryl methyl sites for hydroxylation is 2. The van der Waals surface area contributed by atoms with Crippen molar-refractivity contribution in [3.63, 3.8) is 0 Å². The van der Waals surface area contributed by atoms with Gasteiger partial charge in [0.25, 0.3) is 0 Å². The third kappa shape index (κ3) is 5.93. The summed E-state index contributed by atoms with van der Waals surface area (Å²) in [5.74, 6) is -1.44. The number of hydrogen-bond acceptors (Lipinski definition) is 5. The molecular weight excluding hydrogens is 302 g/mol.